The average Bonchev–Trinajstić information content (AvgIpc) is 2.78. The van der Waals surface area contributed by atoms with E-state index >= 15 is 0 Å². The number of anilines is 2. The van der Waals surface area contributed by atoms with Gasteiger partial charge in [0.25, 0.3) is 5.56 Å². The molecule has 2 N–H and O–H groups in total. The lowest BCUT2D eigenvalue weighted by Crippen LogP contribution is -2.41. The third kappa shape index (κ3) is 2.91. The van der Waals surface area contributed by atoms with Crippen LogP contribution in [0, 0.1) is 17.2 Å². The monoisotopic (exact) mass is 401 g/mol. The number of benzene rings is 2. The van der Waals surface area contributed by atoms with Gasteiger partial charge in [-0.25, -0.2) is 0 Å². The van der Waals surface area contributed by atoms with Crippen molar-refractivity contribution < 1.29 is 9.53 Å². The summed E-state index contributed by atoms with van der Waals surface area (Å²) in [6.07, 6.45) is 0. The van der Waals surface area contributed by atoms with E-state index in [0.29, 0.717) is 37.8 Å². The van der Waals surface area contributed by atoms with Gasteiger partial charge >= 0.3 is 0 Å². The Kier molecular flexibility index (Phi) is 4.45. The van der Waals surface area contributed by atoms with Crippen LogP contribution >= 0.6 is 0 Å². The van der Waals surface area contributed by atoms with Gasteiger partial charge in [-0.3, -0.25) is 14.6 Å². The second kappa shape index (κ2) is 7.28. The fraction of sp³-hybridized carbons (Fsp3) is 0.273. The van der Waals surface area contributed by atoms with Gasteiger partial charge in [-0.2, -0.15) is 10.2 Å². The molecule has 1 fully saturated rings. The third-order valence-corrected chi connectivity index (χ3v) is 5.72. The summed E-state index contributed by atoms with van der Waals surface area (Å²) in [6.45, 7) is 2.29. The molecule has 0 spiro atoms. The second-order valence-electron chi connectivity index (χ2n) is 7.39. The smallest absolute Gasteiger partial charge is 0.258 e. The first-order valence-corrected chi connectivity index (χ1v) is 9.82. The van der Waals surface area contributed by atoms with Crippen molar-refractivity contribution in [3.8, 4) is 6.07 Å². The number of carbonyl (C=O) groups excluding carboxylic acids is 1. The molecule has 5 rings (SSSR count). The van der Waals surface area contributed by atoms with Crippen LogP contribution in [0.4, 0.5) is 11.8 Å². The highest BCUT2D eigenvalue weighted by Crippen LogP contribution is 2.40. The van der Waals surface area contributed by atoms with Crippen molar-refractivity contribution in [2.45, 2.75) is 5.92 Å². The van der Waals surface area contributed by atoms with E-state index in [1.807, 2.05) is 47.4 Å². The van der Waals surface area contributed by atoms with E-state index in [1.165, 1.54) is 0 Å². The van der Waals surface area contributed by atoms with Crippen LogP contribution in [0.25, 0.3) is 10.8 Å². The van der Waals surface area contributed by atoms with Crippen LogP contribution in [0.5, 0.6) is 0 Å². The number of nitrogens with zero attached hydrogens (tertiary/aromatic N) is 3. The van der Waals surface area contributed by atoms with Gasteiger partial charge in [0.1, 0.15) is 11.7 Å². The lowest BCUT2D eigenvalue weighted by atomic mass is 9.77. The lowest BCUT2D eigenvalue weighted by molar-refractivity contribution is -0.119. The fourth-order valence-corrected chi connectivity index (χ4v) is 4.28. The first kappa shape index (κ1) is 18.3. The summed E-state index contributed by atoms with van der Waals surface area (Å²) in [7, 11) is 0. The number of rotatable bonds is 2. The number of aromatic amines is 1. The number of morpholine rings is 1. The molecule has 3 heterocycles. The molecule has 150 valence electrons. The Morgan fingerprint density at radius 2 is 1.87 bits per heavy atom. The summed E-state index contributed by atoms with van der Waals surface area (Å²) in [5, 5.41) is 14.3. The number of hydrogen-bond donors (Lipinski definition) is 2. The third-order valence-electron chi connectivity index (χ3n) is 5.72. The van der Waals surface area contributed by atoms with Crippen LogP contribution in [0.1, 0.15) is 17.0 Å². The molecule has 8 nitrogen and oxygen atoms in total. The number of carbonyl (C=O) groups is 1. The van der Waals surface area contributed by atoms with Gasteiger partial charge in [-0.05, 0) is 16.3 Å². The molecule has 3 aromatic rings. The SMILES string of the molecule is N#C[C@@H]1C(=O)Nc2nc(N3CCOCC3)[nH]c(=O)c2[C@H]1c1cccc2ccccc12. The van der Waals surface area contributed by atoms with E-state index in [0.717, 1.165) is 16.3 Å². The Bertz CT molecular complexity index is 1230. The van der Waals surface area contributed by atoms with Crippen LogP contribution in [0.15, 0.2) is 47.3 Å². The van der Waals surface area contributed by atoms with E-state index in [4.69, 9.17) is 4.74 Å². The van der Waals surface area contributed by atoms with Crippen molar-refractivity contribution in [3.63, 3.8) is 0 Å². The first-order chi connectivity index (χ1) is 14.7. The van der Waals surface area contributed by atoms with Gasteiger partial charge in [-0.15, -0.1) is 0 Å². The lowest BCUT2D eigenvalue weighted by Gasteiger charge is -2.31. The van der Waals surface area contributed by atoms with Crippen molar-refractivity contribution in [1.29, 1.82) is 5.26 Å². The normalized spacial score (nSPS) is 21.0. The summed E-state index contributed by atoms with van der Waals surface area (Å²) in [6, 6.07) is 15.5. The molecule has 1 aromatic heterocycles. The minimum absolute atomic E-state index is 0.217. The second-order valence-corrected chi connectivity index (χ2v) is 7.39. The van der Waals surface area contributed by atoms with Gasteiger partial charge in [0, 0.05) is 19.0 Å². The maximum Gasteiger partial charge on any atom is 0.258 e. The Hall–Kier alpha value is -3.70. The summed E-state index contributed by atoms with van der Waals surface area (Å²) in [5.74, 6) is -1.57. The van der Waals surface area contributed by atoms with Crippen molar-refractivity contribution in [1.82, 2.24) is 9.97 Å². The van der Waals surface area contributed by atoms with Gasteiger partial charge in [-0.1, -0.05) is 42.5 Å². The Morgan fingerprint density at radius 1 is 1.10 bits per heavy atom. The van der Waals surface area contributed by atoms with E-state index in [-0.39, 0.29) is 11.4 Å². The highest BCUT2D eigenvalue weighted by atomic mass is 16.5. The topological polar surface area (TPSA) is 111 Å². The Morgan fingerprint density at radius 3 is 2.67 bits per heavy atom. The summed E-state index contributed by atoms with van der Waals surface area (Å²) in [5.41, 5.74) is 0.733. The number of nitriles is 1. The largest absolute Gasteiger partial charge is 0.378 e. The van der Waals surface area contributed by atoms with Crippen molar-refractivity contribution in [2.75, 3.05) is 36.5 Å². The number of ether oxygens (including phenoxy) is 1. The summed E-state index contributed by atoms with van der Waals surface area (Å²) in [4.78, 5) is 35.3. The van der Waals surface area contributed by atoms with Gasteiger partial charge in [0.2, 0.25) is 11.9 Å². The quantitative estimate of drug-likeness (QED) is 0.679. The minimum Gasteiger partial charge on any atom is -0.378 e. The van der Waals surface area contributed by atoms with Crippen LogP contribution in [-0.4, -0.2) is 42.2 Å². The Labute approximate surface area is 172 Å². The highest BCUT2D eigenvalue weighted by molar-refractivity contribution is 5.99. The minimum atomic E-state index is -1.03. The molecule has 8 heteroatoms. The number of aromatic nitrogens is 2. The molecule has 0 saturated carbocycles. The highest BCUT2D eigenvalue weighted by Gasteiger charge is 2.41. The van der Waals surface area contributed by atoms with Gasteiger partial charge in [0.05, 0.1) is 24.8 Å². The van der Waals surface area contributed by atoms with E-state index in [9.17, 15) is 14.9 Å². The molecule has 0 aliphatic carbocycles. The Balaban J connectivity index is 1.71. The number of H-pyrrole nitrogens is 1. The van der Waals surface area contributed by atoms with Crippen molar-refractivity contribution in [3.05, 3.63) is 63.9 Å². The number of hydrogen-bond acceptors (Lipinski definition) is 6. The zero-order valence-corrected chi connectivity index (χ0v) is 16.1. The van der Waals surface area contributed by atoms with Crippen LogP contribution in [0.2, 0.25) is 0 Å². The molecule has 0 unspecified atom stereocenters. The van der Waals surface area contributed by atoms with Crippen LogP contribution in [-0.2, 0) is 9.53 Å². The molecular formula is C22H19N5O3. The zero-order chi connectivity index (χ0) is 20.7. The standard InChI is InChI=1S/C22H19N5O3/c23-12-16-17(15-7-3-5-13-4-1-2-6-14(13)15)18-19(24-20(16)28)25-22(26-21(18)29)27-8-10-30-11-9-27/h1-7,16-17H,8-11H2,(H2,24,25,26,28,29)/t16-,17-/m0/s1. The summed E-state index contributed by atoms with van der Waals surface area (Å²) < 4.78 is 5.36. The van der Waals surface area contributed by atoms with Crippen LogP contribution < -0.4 is 15.8 Å². The molecule has 2 aromatic carbocycles. The molecular weight excluding hydrogens is 382 g/mol. The molecule has 1 amide bonds. The number of fused-ring (bicyclic) bond motifs is 2. The molecule has 2 aliphatic heterocycles. The van der Waals surface area contributed by atoms with Gasteiger partial charge in [0.15, 0.2) is 0 Å². The maximum absolute atomic E-state index is 13.2. The molecule has 2 aliphatic rings. The summed E-state index contributed by atoms with van der Waals surface area (Å²) >= 11 is 0. The molecule has 1 saturated heterocycles. The van der Waals surface area contributed by atoms with Gasteiger partial charge < -0.3 is 15.0 Å². The van der Waals surface area contributed by atoms with Crippen molar-refractivity contribution in [2.24, 2.45) is 5.92 Å². The average molecular weight is 401 g/mol. The molecule has 0 radical (unpaired) electrons. The van der Waals surface area contributed by atoms with Crippen molar-refractivity contribution >= 4 is 28.4 Å². The van der Waals surface area contributed by atoms with E-state index in [1.54, 1.807) is 0 Å². The number of amides is 1. The maximum atomic E-state index is 13.2. The van der Waals surface area contributed by atoms with Crippen LogP contribution in [0.3, 0.4) is 0 Å². The fourth-order valence-electron chi connectivity index (χ4n) is 4.28. The predicted octanol–water partition coefficient (Wildman–Crippen LogP) is 1.98. The van der Waals surface area contributed by atoms with E-state index in [2.05, 4.69) is 21.4 Å². The first-order valence-electron chi connectivity index (χ1n) is 9.82. The molecule has 2 atom stereocenters. The van der Waals surface area contributed by atoms with E-state index < -0.39 is 17.7 Å². The predicted molar refractivity (Wildman–Crippen MR) is 111 cm³/mol. The number of nitrogens with one attached hydrogen (secondary N) is 2. The zero-order valence-electron chi connectivity index (χ0n) is 16.1. The molecule has 30 heavy (non-hydrogen) atoms. The molecule has 0 bridgehead atoms.